The highest BCUT2D eigenvalue weighted by Gasteiger charge is 2.23. The Kier molecular flexibility index (Phi) is 5.34. The van der Waals surface area contributed by atoms with Gasteiger partial charge in [0.15, 0.2) is 0 Å². The van der Waals surface area contributed by atoms with Gasteiger partial charge < -0.3 is 10.1 Å². The number of non-ortho nitro benzene ring substituents is 1. The van der Waals surface area contributed by atoms with Gasteiger partial charge in [-0.05, 0) is 18.9 Å². The number of nitro groups is 1. The zero-order valence-corrected chi connectivity index (χ0v) is 12.6. The number of carbonyl (C=O) groups is 2. The molecule has 0 bridgehead atoms. The maximum atomic E-state index is 11.8. The number of benzene rings is 1. The van der Waals surface area contributed by atoms with Gasteiger partial charge in [0.05, 0.1) is 23.8 Å². The van der Waals surface area contributed by atoms with Crippen molar-refractivity contribution in [3.8, 4) is 5.75 Å². The molecule has 1 aliphatic carbocycles. The van der Waals surface area contributed by atoms with Gasteiger partial charge in [0, 0.05) is 12.0 Å². The second-order valence-electron chi connectivity index (χ2n) is 5.19. The number of carbonyl (C=O) groups excluding carboxylic acids is 2. The molecule has 1 fully saturated rings. The molecule has 23 heavy (non-hydrogen) atoms. The number of hydrazine groups is 1. The molecule has 0 aliphatic heterocycles. The molecule has 0 heterocycles. The summed E-state index contributed by atoms with van der Waals surface area (Å²) in [6.45, 7) is 0. The van der Waals surface area contributed by atoms with Crippen LogP contribution in [-0.2, 0) is 4.79 Å². The van der Waals surface area contributed by atoms with E-state index in [-0.39, 0.29) is 28.9 Å². The predicted octanol–water partition coefficient (Wildman–Crippen LogP) is 1.95. The number of hydrogen-bond donors (Lipinski definition) is 3. The van der Waals surface area contributed by atoms with Gasteiger partial charge >= 0.3 is 6.03 Å². The fraction of sp³-hybridized carbons (Fsp3) is 0.429. The van der Waals surface area contributed by atoms with E-state index in [2.05, 4.69) is 16.2 Å². The molecule has 0 unspecified atom stereocenters. The Hall–Kier alpha value is -2.84. The SMILES string of the molecule is COc1cc([N+](=O)[O-])ccc1NC(=O)NNC(=O)C1CCCC1. The predicted molar refractivity (Wildman–Crippen MR) is 81.9 cm³/mol. The third-order valence-corrected chi connectivity index (χ3v) is 3.67. The summed E-state index contributed by atoms with van der Waals surface area (Å²) in [5.74, 6) is -0.131. The fourth-order valence-electron chi connectivity index (χ4n) is 2.46. The lowest BCUT2D eigenvalue weighted by atomic mass is 10.1. The van der Waals surface area contributed by atoms with Gasteiger partial charge in [-0.2, -0.15) is 0 Å². The maximum absolute atomic E-state index is 11.8. The number of nitrogens with zero attached hydrogens (tertiary/aromatic N) is 1. The molecule has 3 amide bonds. The summed E-state index contributed by atoms with van der Waals surface area (Å²) in [4.78, 5) is 33.7. The van der Waals surface area contributed by atoms with Gasteiger partial charge in [0.2, 0.25) is 5.91 Å². The summed E-state index contributed by atoms with van der Waals surface area (Å²) >= 11 is 0. The number of nitro benzene ring substituents is 1. The topological polar surface area (TPSA) is 123 Å². The molecular weight excluding hydrogens is 304 g/mol. The quantitative estimate of drug-likeness (QED) is 0.577. The Balaban J connectivity index is 1.91. The molecule has 1 saturated carbocycles. The Morgan fingerprint density at radius 3 is 2.57 bits per heavy atom. The third-order valence-electron chi connectivity index (χ3n) is 3.67. The van der Waals surface area contributed by atoms with Crippen LogP contribution in [-0.4, -0.2) is 24.0 Å². The largest absolute Gasteiger partial charge is 0.494 e. The molecule has 0 radical (unpaired) electrons. The standard InChI is InChI=1S/C14H18N4O5/c1-23-12-8-10(18(21)22)6-7-11(12)15-14(20)17-16-13(19)9-4-2-3-5-9/h6-9H,2-5H2,1H3,(H,16,19)(H2,15,17,20). The lowest BCUT2D eigenvalue weighted by molar-refractivity contribution is -0.384. The summed E-state index contributed by atoms with van der Waals surface area (Å²) in [5.41, 5.74) is 4.72. The number of methoxy groups -OCH3 is 1. The summed E-state index contributed by atoms with van der Waals surface area (Å²) in [7, 11) is 1.34. The molecule has 0 saturated heterocycles. The Morgan fingerprint density at radius 1 is 1.26 bits per heavy atom. The number of ether oxygens (including phenoxy) is 1. The monoisotopic (exact) mass is 322 g/mol. The molecule has 1 aromatic carbocycles. The molecule has 124 valence electrons. The van der Waals surface area contributed by atoms with Crippen molar-refractivity contribution in [2.24, 2.45) is 5.92 Å². The highest BCUT2D eigenvalue weighted by molar-refractivity contribution is 5.92. The number of hydrogen-bond acceptors (Lipinski definition) is 5. The van der Waals surface area contributed by atoms with Crippen molar-refractivity contribution in [3.63, 3.8) is 0 Å². The van der Waals surface area contributed by atoms with Crippen LogP contribution in [0, 0.1) is 16.0 Å². The molecule has 1 aliphatic rings. The van der Waals surface area contributed by atoms with Crippen molar-refractivity contribution < 1.29 is 19.2 Å². The van der Waals surface area contributed by atoms with Crippen LogP contribution in [0.1, 0.15) is 25.7 Å². The van der Waals surface area contributed by atoms with Crippen molar-refractivity contribution in [2.45, 2.75) is 25.7 Å². The van der Waals surface area contributed by atoms with Crippen molar-refractivity contribution in [2.75, 3.05) is 12.4 Å². The molecule has 9 heteroatoms. The van der Waals surface area contributed by atoms with Crippen LogP contribution in [0.2, 0.25) is 0 Å². The summed E-state index contributed by atoms with van der Waals surface area (Å²) in [6.07, 6.45) is 3.69. The number of urea groups is 1. The zero-order valence-electron chi connectivity index (χ0n) is 12.6. The van der Waals surface area contributed by atoms with Crippen LogP contribution in [0.5, 0.6) is 5.75 Å². The Bertz CT molecular complexity index is 613. The van der Waals surface area contributed by atoms with Gasteiger partial charge in [-0.25, -0.2) is 10.2 Å². The fourth-order valence-corrected chi connectivity index (χ4v) is 2.46. The van der Waals surface area contributed by atoms with Gasteiger partial charge in [-0.1, -0.05) is 12.8 Å². The number of anilines is 1. The minimum Gasteiger partial charge on any atom is -0.494 e. The lowest BCUT2D eigenvalue weighted by Crippen LogP contribution is -2.46. The smallest absolute Gasteiger partial charge is 0.338 e. The van der Waals surface area contributed by atoms with Crippen LogP contribution < -0.4 is 20.9 Å². The lowest BCUT2D eigenvalue weighted by Gasteiger charge is -2.13. The van der Waals surface area contributed by atoms with Gasteiger partial charge in [-0.3, -0.25) is 20.3 Å². The van der Waals surface area contributed by atoms with E-state index in [1.165, 1.54) is 25.3 Å². The average molecular weight is 322 g/mol. The summed E-state index contributed by atoms with van der Waals surface area (Å²) in [6, 6.07) is 3.14. The van der Waals surface area contributed by atoms with E-state index in [1.54, 1.807) is 0 Å². The van der Waals surface area contributed by atoms with Gasteiger partial charge in [-0.15, -0.1) is 0 Å². The van der Waals surface area contributed by atoms with E-state index < -0.39 is 11.0 Å². The second-order valence-corrected chi connectivity index (χ2v) is 5.19. The minimum absolute atomic E-state index is 0.0655. The van der Waals surface area contributed by atoms with Crippen LogP contribution >= 0.6 is 0 Å². The molecule has 9 nitrogen and oxygen atoms in total. The van der Waals surface area contributed by atoms with E-state index in [9.17, 15) is 19.7 Å². The second kappa shape index (κ2) is 7.43. The third kappa shape index (κ3) is 4.31. The van der Waals surface area contributed by atoms with Crippen molar-refractivity contribution in [1.82, 2.24) is 10.9 Å². The summed E-state index contributed by atoms with van der Waals surface area (Å²) < 4.78 is 5.01. The first-order chi connectivity index (χ1) is 11.0. The Labute approximate surface area is 132 Å². The molecule has 0 aromatic heterocycles. The minimum atomic E-state index is -0.663. The average Bonchev–Trinajstić information content (AvgIpc) is 3.07. The van der Waals surface area contributed by atoms with Crippen LogP contribution in [0.25, 0.3) is 0 Å². The first kappa shape index (κ1) is 16.5. The van der Waals surface area contributed by atoms with Crippen LogP contribution in [0.4, 0.5) is 16.2 Å². The van der Waals surface area contributed by atoms with Gasteiger partial charge in [0.25, 0.3) is 5.69 Å². The van der Waals surface area contributed by atoms with Crippen molar-refractivity contribution in [1.29, 1.82) is 0 Å². The molecule has 0 atom stereocenters. The van der Waals surface area contributed by atoms with Gasteiger partial charge in [0.1, 0.15) is 5.75 Å². The van der Waals surface area contributed by atoms with E-state index in [4.69, 9.17) is 4.74 Å². The highest BCUT2D eigenvalue weighted by atomic mass is 16.6. The van der Waals surface area contributed by atoms with Crippen molar-refractivity contribution >= 4 is 23.3 Å². The number of rotatable bonds is 4. The Morgan fingerprint density at radius 2 is 1.96 bits per heavy atom. The highest BCUT2D eigenvalue weighted by Crippen LogP contribution is 2.28. The number of amides is 3. The van der Waals surface area contributed by atoms with E-state index in [1.807, 2.05) is 0 Å². The van der Waals surface area contributed by atoms with Crippen LogP contribution in [0.3, 0.4) is 0 Å². The van der Waals surface area contributed by atoms with E-state index in [0.717, 1.165) is 25.7 Å². The van der Waals surface area contributed by atoms with Crippen molar-refractivity contribution in [3.05, 3.63) is 28.3 Å². The molecule has 0 spiro atoms. The maximum Gasteiger partial charge on any atom is 0.338 e. The zero-order chi connectivity index (χ0) is 16.8. The first-order valence-electron chi connectivity index (χ1n) is 7.20. The molecule has 2 rings (SSSR count). The van der Waals surface area contributed by atoms with E-state index in [0.29, 0.717) is 0 Å². The summed E-state index contributed by atoms with van der Waals surface area (Å²) in [5, 5.41) is 13.2. The normalized spacial score (nSPS) is 14.1. The first-order valence-corrected chi connectivity index (χ1v) is 7.20. The molecular formula is C14H18N4O5. The van der Waals surface area contributed by atoms with Crippen LogP contribution in [0.15, 0.2) is 18.2 Å². The van der Waals surface area contributed by atoms with E-state index >= 15 is 0 Å². The molecule has 3 N–H and O–H groups in total. The molecule has 1 aromatic rings. The number of nitrogens with one attached hydrogen (secondary N) is 3.